The summed E-state index contributed by atoms with van der Waals surface area (Å²) in [5.74, 6) is 0.0964. The van der Waals surface area contributed by atoms with Crippen molar-refractivity contribution in [2.24, 2.45) is 0 Å². The largest absolute Gasteiger partial charge is 0.327 e. The quantitative estimate of drug-likeness (QED) is 0.605. The average Bonchev–Trinajstić information content (AvgIpc) is 3.30. The van der Waals surface area contributed by atoms with Crippen molar-refractivity contribution in [1.82, 2.24) is 15.1 Å². The van der Waals surface area contributed by atoms with E-state index in [2.05, 4.69) is 15.5 Å². The number of nitro benzene ring substituents is 1. The fourth-order valence-electron chi connectivity index (χ4n) is 3.35. The van der Waals surface area contributed by atoms with E-state index in [-0.39, 0.29) is 23.4 Å². The summed E-state index contributed by atoms with van der Waals surface area (Å²) in [5, 5.41) is 20.7. The number of H-pyrrole nitrogens is 1. The van der Waals surface area contributed by atoms with Crippen molar-refractivity contribution in [3.05, 3.63) is 51.2 Å². The fourth-order valence-corrected chi connectivity index (χ4v) is 3.35. The molecule has 0 aliphatic carbocycles. The second kappa shape index (κ2) is 7.79. The van der Waals surface area contributed by atoms with Crippen LogP contribution in [0.4, 0.5) is 11.5 Å². The van der Waals surface area contributed by atoms with Crippen LogP contribution in [-0.2, 0) is 4.79 Å². The van der Waals surface area contributed by atoms with Gasteiger partial charge in [0.15, 0.2) is 5.82 Å². The van der Waals surface area contributed by atoms with Crippen LogP contribution in [0.15, 0.2) is 24.3 Å². The zero-order valence-corrected chi connectivity index (χ0v) is 16.1. The lowest BCUT2D eigenvalue weighted by atomic mass is 10.1. The maximum absolute atomic E-state index is 12.9. The molecule has 0 bridgehead atoms. The molecule has 9 nitrogen and oxygen atoms in total. The number of nitrogens with one attached hydrogen (secondary N) is 2. The van der Waals surface area contributed by atoms with E-state index in [0.717, 1.165) is 5.69 Å². The Morgan fingerprint density at radius 2 is 2.11 bits per heavy atom. The Labute approximate surface area is 162 Å². The zero-order valence-electron chi connectivity index (χ0n) is 16.1. The first-order valence-corrected chi connectivity index (χ1v) is 9.20. The molecule has 0 radical (unpaired) electrons. The number of aromatic nitrogens is 2. The van der Waals surface area contributed by atoms with Crippen LogP contribution < -0.4 is 5.32 Å². The summed E-state index contributed by atoms with van der Waals surface area (Å²) < 4.78 is 0. The number of benzene rings is 1. The summed E-state index contributed by atoms with van der Waals surface area (Å²) in [4.78, 5) is 37.6. The van der Waals surface area contributed by atoms with Gasteiger partial charge in [-0.25, -0.2) is 0 Å². The molecule has 2 N–H and O–H groups in total. The Hall–Kier alpha value is -3.23. The molecule has 0 saturated carbocycles. The second-order valence-electron chi connectivity index (χ2n) is 7.27. The molecule has 148 valence electrons. The van der Waals surface area contributed by atoms with Crippen molar-refractivity contribution < 1.29 is 14.5 Å². The van der Waals surface area contributed by atoms with Crippen molar-refractivity contribution >= 4 is 23.3 Å². The minimum atomic E-state index is -0.595. The van der Waals surface area contributed by atoms with E-state index in [1.165, 1.54) is 23.1 Å². The van der Waals surface area contributed by atoms with Crippen molar-refractivity contribution in [3.8, 4) is 0 Å². The van der Waals surface area contributed by atoms with E-state index in [1.54, 1.807) is 13.0 Å². The molecule has 2 amide bonds. The molecule has 1 fully saturated rings. The summed E-state index contributed by atoms with van der Waals surface area (Å²) in [5.41, 5.74) is 1.63. The van der Waals surface area contributed by atoms with Crippen molar-refractivity contribution in [1.29, 1.82) is 0 Å². The molecule has 1 aliphatic heterocycles. The molecule has 1 aliphatic rings. The number of rotatable bonds is 5. The second-order valence-corrected chi connectivity index (χ2v) is 7.27. The molecule has 9 heteroatoms. The number of likely N-dealkylation sites (tertiary alicyclic amines) is 1. The molecule has 2 heterocycles. The molecule has 2 aromatic rings. The highest BCUT2D eigenvalue weighted by atomic mass is 16.6. The molecule has 28 heavy (non-hydrogen) atoms. The first-order valence-electron chi connectivity index (χ1n) is 9.20. The van der Waals surface area contributed by atoms with Crippen LogP contribution in [-0.4, -0.2) is 44.4 Å². The van der Waals surface area contributed by atoms with Gasteiger partial charge in [-0.05, 0) is 37.8 Å². The predicted molar refractivity (Wildman–Crippen MR) is 103 cm³/mol. The van der Waals surface area contributed by atoms with Crippen molar-refractivity contribution in [2.45, 2.75) is 45.6 Å². The van der Waals surface area contributed by atoms with Crippen LogP contribution in [0, 0.1) is 17.0 Å². The van der Waals surface area contributed by atoms with E-state index < -0.39 is 11.0 Å². The van der Waals surface area contributed by atoms with Crippen LogP contribution in [0.2, 0.25) is 0 Å². The number of anilines is 1. The molecule has 1 saturated heterocycles. The summed E-state index contributed by atoms with van der Waals surface area (Å²) in [6.07, 6.45) is 1.28. The van der Waals surface area contributed by atoms with Gasteiger partial charge in [0.2, 0.25) is 5.91 Å². The molecule has 1 aromatic carbocycles. The lowest BCUT2D eigenvalue weighted by Gasteiger charge is -2.23. The zero-order chi connectivity index (χ0) is 20.4. The lowest BCUT2D eigenvalue weighted by Crippen LogP contribution is -2.43. The number of hydrogen-bond donors (Lipinski definition) is 2. The Bertz CT molecular complexity index is 921. The third-order valence-corrected chi connectivity index (χ3v) is 4.93. The van der Waals surface area contributed by atoms with E-state index >= 15 is 0 Å². The van der Waals surface area contributed by atoms with Gasteiger partial charge in [0.25, 0.3) is 11.6 Å². The summed E-state index contributed by atoms with van der Waals surface area (Å²) in [7, 11) is 0. The summed E-state index contributed by atoms with van der Waals surface area (Å²) >= 11 is 0. The summed E-state index contributed by atoms with van der Waals surface area (Å²) in [6, 6.07) is 5.44. The van der Waals surface area contributed by atoms with Gasteiger partial charge >= 0.3 is 0 Å². The minimum Gasteiger partial charge on any atom is -0.327 e. The van der Waals surface area contributed by atoms with Crippen LogP contribution in [0.3, 0.4) is 0 Å². The Balaban J connectivity index is 1.74. The maximum Gasteiger partial charge on any atom is 0.272 e. The van der Waals surface area contributed by atoms with Crippen molar-refractivity contribution in [2.75, 3.05) is 11.9 Å². The number of amides is 2. The van der Waals surface area contributed by atoms with Crippen LogP contribution in [0.1, 0.15) is 54.2 Å². The van der Waals surface area contributed by atoms with Gasteiger partial charge in [-0.2, -0.15) is 5.10 Å². The number of nitrogens with zero attached hydrogens (tertiary/aromatic N) is 3. The highest BCUT2D eigenvalue weighted by Crippen LogP contribution is 2.25. The third kappa shape index (κ3) is 3.88. The highest BCUT2D eigenvalue weighted by Gasteiger charge is 2.35. The topological polar surface area (TPSA) is 121 Å². The number of carbonyl (C=O) groups is 2. The highest BCUT2D eigenvalue weighted by molar-refractivity contribution is 6.01. The van der Waals surface area contributed by atoms with Crippen LogP contribution >= 0.6 is 0 Å². The number of carbonyl (C=O) groups excluding carboxylic acids is 2. The van der Waals surface area contributed by atoms with Gasteiger partial charge < -0.3 is 10.2 Å². The molecule has 1 aromatic heterocycles. The first kappa shape index (κ1) is 19.5. The standard InChI is InChI=1S/C19H23N5O4/c1-11(2)14-10-17(22-21-14)20-18(25)16-5-4-8-23(16)19(26)13-6-7-15(24(27)28)12(3)9-13/h6-7,9-11,16H,4-5,8H2,1-3H3,(H2,20,21,22,25). The molecule has 1 atom stereocenters. The Morgan fingerprint density at radius 3 is 2.71 bits per heavy atom. The van der Waals surface area contributed by atoms with E-state index in [1.807, 2.05) is 13.8 Å². The number of hydrogen-bond acceptors (Lipinski definition) is 5. The monoisotopic (exact) mass is 385 g/mol. The van der Waals surface area contributed by atoms with Gasteiger partial charge in [-0.1, -0.05) is 13.8 Å². The molecule has 1 unspecified atom stereocenters. The molecular weight excluding hydrogens is 362 g/mol. The fraction of sp³-hybridized carbons (Fsp3) is 0.421. The van der Waals surface area contributed by atoms with Crippen LogP contribution in [0.25, 0.3) is 0 Å². The van der Waals surface area contributed by atoms with Gasteiger partial charge in [-0.3, -0.25) is 24.8 Å². The van der Waals surface area contributed by atoms with Gasteiger partial charge in [0.1, 0.15) is 6.04 Å². The molecule has 3 rings (SSSR count). The van der Waals surface area contributed by atoms with Crippen LogP contribution in [0.5, 0.6) is 0 Å². The molecule has 0 spiro atoms. The van der Waals surface area contributed by atoms with Gasteiger partial charge in [0.05, 0.1) is 4.92 Å². The smallest absolute Gasteiger partial charge is 0.272 e. The average molecular weight is 385 g/mol. The van der Waals surface area contributed by atoms with Crippen molar-refractivity contribution in [3.63, 3.8) is 0 Å². The normalized spacial score (nSPS) is 16.4. The van der Waals surface area contributed by atoms with E-state index in [4.69, 9.17) is 0 Å². The Kier molecular flexibility index (Phi) is 5.43. The van der Waals surface area contributed by atoms with E-state index in [0.29, 0.717) is 36.3 Å². The van der Waals surface area contributed by atoms with Gasteiger partial charge in [0, 0.05) is 35.5 Å². The Morgan fingerprint density at radius 1 is 1.36 bits per heavy atom. The number of nitro groups is 1. The number of aryl methyl sites for hydroxylation is 1. The number of aromatic amines is 1. The summed E-state index contributed by atoms with van der Waals surface area (Å²) in [6.45, 7) is 6.09. The molecular formula is C19H23N5O4. The first-order chi connectivity index (χ1) is 13.3. The SMILES string of the molecule is Cc1cc(C(=O)N2CCCC2C(=O)Nc2cc(C(C)C)[nH]n2)ccc1[N+](=O)[O-]. The van der Waals surface area contributed by atoms with E-state index in [9.17, 15) is 19.7 Å². The minimum absolute atomic E-state index is 0.0354. The predicted octanol–water partition coefficient (Wildman–Crippen LogP) is 2.99. The third-order valence-electron chi connectivity index (χ3n) is 4.93. The lowest BCUT2D eigenvalue weighted by molar-refractivity contribution is -0.385. The van der Waals surface area contributed by atoms with Gasteiger partial charge in [-0.15, -0.1) is 0 Å². The maximum atomic E-state index is 12.9.